The topological polar surface area (TPSA) is 78.4 Å². The number of nitrogens with one attached hydrogen (secondary N) is 2. The Morgan fingerprint density at radius 3 is 2.27 bits per heavy atom. The Balaban J connectivity index is 2.61. The first kappa shape index (κ1) is 18.0. The predicted molar refractivity (Wildman–Crippen MR) is 78.1 cm³/mol. The van der Waals surface area contributed by atoms with Crippen LogP contribution in [0.4, 0.5) is 14.5 Å². The standard InChI is InChI=1S/C15H20F2N2O3/c1-4-9(2)15(3,22)8-18-13(20)14(21)19-12-6-10(16)5-11(17)7-12/h5-7,9,22H,4,8H2,1-3H3,(H,18,20)(H,19,21). The van der Waals surface area contributed by atoms with E-state index in [2.05, 4.69) is 10.6 Å². The zero-order valence-corrected chi connectivity index (χ0v) is 12.7. The first-order valence-electron chi connectivity index (χ1n) is 6.93. The van der Waals surface area contributed by atoms with Gasteiger partial charge in [0, 0.05) is 18.3 Å². The van der Waals surface area contributed by atoms with Crippen LogP contribution in [-0.4, -0.2) is 29.1 Å². The summed E-state index contributed by atoms with van der Waals surface area (Å²) >= 11 is 0. The number of hydrogen-bond donors (Lipinski definition) is 3. The number of benzene rings is 1. The van der Waals surface area contributed by atoms with Crippen LogP contribution in [0.5, 0.6) is 0 Å². The number of anilines is 1. The van der Waals surface area contributed by atoms with Gasteiger partial charge in [0.05, 0.1) is 5.60 Å². The molecular weight excluding hydrogens is 294 g/mol. The lowest BCUT2D eigenvalue weighted by Crippen LogP contribution is -2.47. The van der Waals surface area contributed by atoms with E-state index < -0.39 is 29.0 Å². The third kappa shape index (κ3) is 5.07. The van der Waals surface area contributed by atoms with Gasteiger partial charge in [-0.05, 0) is 25.0 Å². The fourth-order valence-corrected chi connectivity index (χ4v) is 1.77. The highest BCUT2D eigenvalue weighted by Crippen LogP contribution is 2.18. The van der Waals surface area contributed by atoms with Crippen molar-refractivity contribution in [1.29, 1.82) is 0 Å². The molecule has 0 bridgehead atoms. The van der Waals surface area contributed by atoms with Gasteiger partial charge in [0.1, 0.15) is 11.6 Å². The summed E-state index contributed by atoms with van der Waals surface area (Å²) in [6, 6.07) is 2.44. The molecule has 3 N–H and O–H groups in total. The van der Waals surface area contributed by atoms with Crippen LogP contribution in [0.1, 0.15) is 27.2 Å². The van der Waals surface area contributed by atoms with Crippen molar-refractivity contribution in [3.63, 3.8) is 0 Å². The second-order valence-electron chi connectivity index (χ2n) is 5.46. The van der Waals surface area contributed by atoms with E-state index in [4.69, 9.17) is 0 Å². The van der Waals surface area contributed by atoms with E-state index in [9.17, 15) is 23.5 Å². The first-order chi connectivity index (χ1) is 10.2. The van der Waals surface area contributed by atoms with Crippen molar-refractivity contribution < 1.29 is 23.5 Å². The van der Waals surface area contributed by atoms with Gasteiger partial charge in [0.25, 0.3) is 0 Å². The summed E-state index contributed by atoms with van der Waals surface area (Å²) in [7, 11) is 0. The fraction of sp³-hybridized carbons (Fsp3) is 0.467. The molecule has 0 aromatic heterocycles. The molecule has 1 rings (SSSR count). The van der Waals surface area contributed by atoms with Crippen LogP contribution >= 0.6 is 0 Å². The average molecular weight is 314 g/mol. The molecule has 1 aromatic rings. The van der Waals surface area contributed by atoms with Crippen LogP contribution in [0.2, 0.25) is 0 Å². The number of aliphatic hydroxyl groups is 1. The maximum Gasteiger partial charge on any atom is 0.313 e. The average Bonchev–Trinajstić information content (AvgIpc) is 2.42. The van der Waals surface area contributed by atoms with Gasteiger partial charge in [0.2, 0.25) is 0 Å². The van der Waals surface area contributed by atoms with E-state index in [1.54, 1.807) is 6.92 Å². The van der Waals surface area contributed by atoms with E-state index in [0.717, 1.165) is 12.1 Å². The number of carbonyl (C=O) groups is 2. The second kappa shape index (κ2) is 7.31. The minimum Gasteiger partial charge on any atom is -0.388 e. The van der Waals surface area contributed by atoms with Crippen LogP contribution in [0.25, 0.3) is 0 Å². The molecule has 2 atom stereocenters. The van der Waals surface area contributed by atoms with Gasteiger partial charge in [-0.3, -0.25) is 9.59 Å². The second-order valence-corrected chi connectivity index (χ2v) is 5.46. The van der Waals surface area contributed by atoms with E-state index in [-0.39, 0.29) is 18.2 Å². The van der Waals surface area contributed by atoms with Crippen LogP contribution < -0.4 is 10.6 Å². The molecule has 2 amide bonds. The molecule has 7 heteroatoms. The molecule has 1 aromatic carbocycles. The summed E-state index contributed by atoms with van der Waals surface area (Å²) in [4.78, 5) is 23.3. The van der Waals surface area contributed by atoms with E-state index in [1.165, 1.54) is 0 Å². The zero-order valence-electron chi connectivity index (χ0n) is 12.7. The largest absolute Gasteiger partial charge is 0.388 e. The van der Waals surface area contributed by atoms with E-state index in [1.807, 2.05) is 13.8 Å². The van der Waals surface area contributed by atoms with Crippen molar-refractivity contribution in [3.8, 4) is 0 Å². The number of carbonyl (C=O) groups excluding carboxylic acids is 2. The van der Waals surface area contributed by atoms with Crippen LogP contribution in [-0.2, 0) is 9.59 Å². The highest BCUT2D eigenvalue weighted by Gasteiger charge is 2.28. The Bertz CT molecular complexity index is 541. The Morgan fingerprint density at radius 2 is 1.77 bits per heavy atom. The molecule has 122 valence electrons. The molecule has 0 aliphatic heterocycles. The van der Waals surface area contributed by atoms with Gasteiger partial charge in [-0.25, -0.2) is 8.78 Å². The SMILES string of the molecule is CCC(C)C(C)(O)CNC(=O)C(=O)Nc1cc(F)cc(F)c1. The fourth-order valence-electron chi connectivity index (χ4n) is 1.77. The Kier molecular flexibility index (Phi) is 5.99. The van der Waals surface area contributed by atoms with Gasteiger partial charge >= 0.3 is 11.8 Å². The lowest BCUT2D eigenvalue weighted by atomic mass is 9.89. The third-order valence-electron chi connectivity index (χ3n) is 3.61. The predicted octanol–water partition coefficient (Wildman–Crippen LogP) is 1.82. The molecule has 0 spiro atoms. The molecule has 0 radical (unpaired) electrons. The third-order valence-corrected chi connectivity index (χ3v) is 3.61. The quantitative estimate of drug-likeness (QED) is 0.725. The molecule has 2 unspecified atom stereocenters. The first-order valence-corrected chi connectivity index (χ1v) is 6.93. The van der Waals surface area contributed by atoms with Gasteiger partial charge in [-0.1, -0.05) is 20.3 Å². The van der Waals surface area contributed by atoms with Crippen LogP contribution in [0, 0.1) is 17.6 Å². The Hall–Kier alpha value is -2.02. The van der Waals surface area contributed by atoms with Gasteiger partial charge < -0.3 is 15.7 Å². The van der Waals surface area contributed by atoms with Crippen molar-refractivity contribution in [1.82, 2.24) is 5.32 Å². The monoisotopic (exact) mass is 314 g/mol. The molecular formula is C15H20F2N2O3. The summed E-state index contributed by atoms with van der Waals surface area (Å²) in [6.07, 6.45) is 0.706. The smallest absolute Gasteiger partial charge is 0.313 e. The number of amides is 2. The minimum absolute atomic E-state index is 0.0758. The summed E-state index contributed by atoms with van der Waals surface area (Å²) < 4.78 is 26.0. The normalized spacial score (nSPS) is 14.8. The van der Waals surface area contributed by atoms with Gasteiger partial charge in [-0.15, -0.1) is 0 Å². The number of rotatable bonds is 5. The lowest BCUT2D eigenvalue weighted by molar-refractivity contribution is -0.137. The molecule has 22 heavy (non-hydrogen) atoms. The van der Waals surface area contributed by atoms with Crippen LogP contribution in [0.15, 0.2) is 18.2 Å². The van der Waals surface area contributed by atoms with Gasteiger partial charge in [-0.2, -0.15) is 0 Å². The molecule has 0 saturated carbocycles. The van der Waals surface area contributed by atoms with Gasteiger partial charge in [0.15, 0.2) is 0 Å². The molecule has 5 nitrogen and oxygen atoms in total. The maximum absolute atomic E-state index is 13.0. The Morgan fingerprint density at radius 1 is 1.23 bits per heavy atom. The molecule has 0 heterocycles. The highest BCUT2D eigenvalue weighted by atomic mass is 19.1. The summed E-state index contributed by atoms with van der Waals surface area (Å²) in [5, 5.41) is 14.5. The summed E-state index contributed by atoms with van der Waals surface area (Å²) in [6.45, 7) is 5.17. The molecule has 0 aliphatic carbocycles. The minimum atomic E-state index is -1.16. The maximum atomic E-state index is 13.0. The summed E-state index contributed by atoms with van der Waals surface area (Å²) in [5.41, 5.74) is -1.32. The van der Waals surface area contributed by atoms with Crippen molar-refractivity contribution in [2.24, 2.45) is 5.92 Å². The number of halogens is 2. The van der Waals surface area contributed by atoms with Crippen molar-refractivity contribution >= 4 is 17.5 Å². The van der Waals surface area contributed by atoms with Crippen LogP contribution in [0.3, 0.4) is 0 Å². The molecule has 0 fully saturated rings. The van der Waals surface area contributed by atoms with E-state index in [0.29, 0.717) is 12.5 Å². The van der Waals surface area contributed by atoms with E-state index >= 15 is 0 Å². The highest BCUT2D eigenvalue weighted by molar-refractivity contribution is 6.39. The zero-order chi connectivity index (χ0) is 16.9. The van der Waals surface area contributed by atoms with Crippen molar-refractivity contribution in [2.75, 3.05) is 11.9 Å². The lowest BCUT2D eigenvalue weighted by Gasteiger charge is -2.29. The Labute approximate surface area is 127 Å². The summed E-state index contributed by atoms with van der Waals surface area (Å²) in [5.74, 6) is -3.86. The van der Waals surface area contributed by atoms with Crippen molar-refractivity contribution in [3.05, 3.63) is 29.8 Å². The number of hydrogen-bond acceptors (Lipinski definition) is 3. The molecule has 0 aliphatic rings. The van der Waals surface area contributed by atoms with Crippen molar-refractivity contribution in [2.45, 2.75) is 32.8 Å². The molecule has 0 saturated heterocycles.